The van der Waals surface area contributed by atoms with E-state index in [1.54, 1.807) is 19.1 Å². The summed E-state index contributed by atoms with van der Waals surface area (Å²) >= 11 is 0. The second kappa shape index (κ2) is 6.72. The Morgan fingerprint density at radius 3 is 2.29 bits per heavy atom. The van der Waals surface area contributed by atoms with Gasteiger partial charge in [0, 0.05) is 0 Å². The van der Waals surface area contributed by atoms with Crippen LogP contribution in [-0.2, 0) is 0 Å². The number of ether oxygens (including phenoxy) is 1. The largest absolute Gasteiger partial charge is 0.489 e. The van der Waals surface area contributed by atoms with Crippen molar-refractivity contribution in [2.24, 2.45) is 0 Å². The van der Waals surface area contributed by atoms with E-state index in [4.69, 9.17) is 4.74 Å². The van der Waals surface area contributed by atoms with E-state index >= 15 is 0 Å². The highest BCUT2D eigenvalue weighted by molar-refractivity contribution is 5.30. The number of halogens is 1. The lowest BCUT2D eigenvalue weighted by atomic mass is 10.0. The number of nitrogens with one attached hydrogen (secondary N) is 1. The fourth-order valence-corrected chi connectivity index (χ4v) is 2.42. The van der Waals surface area contributed by atoms with Crippen LogP contribution < -0.4 is 10.1 Å². The second-order valence-corrected chi connectivity index (χ2v) is 5.41. The zero-order valence-electron chi connectivity index (χ0n) is 13.0. The lowest BCUT2D eigenvalue weighted by molar-refractivity contribution is 0.175. The van der Waals surface area contributed by atoms with Gasteiger partial charge in [0.25, 0.3) is 0 Å². The van der Waals surface area contributed by atoms with Gasteiger partial charge in [0.15, 0.2) is 0 Å². The van der Waals surface area contributed by atoms with Crippen LogP contribution in [0.4, 0.5) is 4.39 Å². The summed E-state index contributed by atoms with van der Waals surface area (Å²) in [4.78, 5) is 0. The molecule has 112 valence electrons. The molecule has 0 aliphatic heterocycles. The van der Waals surface area contributed by atoms with Gasteiger partial charge in [-0.05, 0) is 57.1 Å². The highest BCUT2D eigenvalue weighted by Crippen LogP contribution is 2.23. The summed E-state index contributed by atoms with van der Waals surface area (Å²) in [5.41, 5.74) is 3.00. The zero-order chi connectivity index (χ0) is 15.4. The standard InChI is InChI=1S/C18H22FNO/c1-12-5-7-15(8-6-12)18(20-4)14(3)21-16-9-10-17(19)13(2)11-16/h5-11,14,18,20H,1-4H3. The van der Waals surface area contributed by atoms with E-state index in [1.807, 2.05) is 14.0 Å². The fraction of sp³-hybridized carbons (Fsp3) is 0.333. The van der Waals surface area contributed by atoms with Gasteiger partial charge in [0.2, 0.25) is 0 Å². The molecule has 2 unspecified atom stereocenters. The van der Waals surface area contributed by atoms with Crippen LogP contribution in [-0.4, -0.2) is 13.2 Å². The topological polar surface area (TPSA) is 21.3 Å². The molecular formula is C18H22FNO. The molecule has 0 saturated heterocycles. The number of likely N-dealkylation sites (N-methyl/N-ethyl adjacent to an activating group) is 1. The monoisotopic (exact) mass is 287 g/mol. The maximum Gasteiger partial charge on any atom is 0.126 e. The van der Waals surface area contributed by atoms with Gasteiger partial charge in [-0.2, -0.15) is 0 Å². The molecule has 0 amide bonds. The van der Waals surface area contributed by atoms with Crippen molar-refractivity contribution in [1.29, 1.82) is 0 Å². The molecule has 0 saturated carbocycles. The molecule has 2 rings (SSSR count). The molecule has 2 nitrogen and oxygen atoms in total. The first-order valence-corrected chi connectivity index (χ1v) is 7.18. The van der Waals surface area contributed by atoms with Crippen molar-refractivity contribution in [2.75, 3.05) is 7.05 Å². The van der Waals surface area contributed by atoms with Gasteiger partial charge in [-0.25, -0.2) is 4.39 Å². The van der Waals surface area contributed by atoms with Gasteiger partial charge in [-0.15, -0.1) is 0 Å². The van der Waals surface area contributed by atoms with Crippen LogP contribution in [0.15, 0.2) is 42.5 Å². The summed E-state index contributed by atoms with van der Waals surface area (Å²) in [5, 5.41) is 3.28. The second-order valence-electron chi connectivity index (χ2n) is 5.41. The van der Waals surface area contributed by atoms with E-state index in [2.05, 4.69) is 36.5 Å². The van der Waals surface area contributed by atoms with Gasteiger partial charge in [0.1, 0.15) is 17.7 Å². The van der Waals surface area contributed by atoms with Crippen LogP contribution in [0.5, 0.6) is 5.75 Å². The Morgan fingerprint density at radius 1 is 1.05 bits per heavy atom. The Bertz CT molecular complexity index is 595. The molecule has 0 aromatic heterocycles. The molecular weight excluding hydrogens is 265 g/mol. The molecule has 0 fully saturated rings. The smallest absolute Gasteiger partial charge is 0.126 e. The maximum atomic E-state index is 13.3. The minimum absolute atomic E-state index is 0.0671. The molecule has 0 heterocycles. The summed E-state index contributed by atoms with van der Waals surface area (Å²) < 4.78 is 19.3. The third-order valence-electron chi connectivity index (χ3n) is 3.67. The van der Waals surface area contributed by atoms with Crippen molar-refractivity contribution in [2.45, 2.75) is 32.9 Å². The van der Waals surface area contributed by atoms with E-state index < -0.39 is 0 Å². The molecule has 0 radical (unpaired) electrons. The van der Waals surface area contributed by atoms with Gasteiger partial charge in [-0.1, -0.05) is 29.8 Å². The van der Waals surface area contributed by atoms with Crippen LogP contribution in [0.25, 0.3) is 0 Å². The Kier molecular flexibility index (Phi) is 4.97. The van der Waals surface area contributed by atoms with Crippen LogP contribution in [0.2, 0.25) is 0 Å². The summed E-state index contributed by atoms with van der Waals surface area (Å²) in [5.74, 6) is 0.479. The normalized spacial score (nSPS) is 13.8. The van der Waals surface area contributed by atoms with Crippen molar-refractivity contribution < 1.29 is 9.13 Å². The molecule has 0 spiro atoms. The zero-order valence-corrected chi connectivity index (χ0v) is 13.0. The molecule has 2 atom stereocenters. The van der Waals surface area contributed by atoms with Crippen LogP contribution >= 0.6 is 0 Å². The summed E-state index contributed by atoms with van der Waals surface area (Å²) in [6, 6.07) is 13.3. The third-order valence-corrected chi connectivity index (χ3v) is 3.67. The van der Waals surface area contributed by atoms with Gasteiger partial charge in [0.05, 0.1) is 6.04 Å². The van der Waals surface area contributed by atoms with E-state index in [-0.39, 0.29) is 18.0 Å². The molecule has 1 N–H and O–H groups in total. The average Bonchev–Trinajstić information content (AvgIpc) is 2.46. The highest BCUT2D eigenvalue weighted by atomic mass is 19.1. The minimum atomic E-state index is -0.210. The predicted octanol–water partition coefficient (Wildman–Crippen LogP) is 4.17. The van der Waals surface area contributed by atoms with Gasteiger partial charge < -0.3 is 10.1 Å². The summed E-state index contributed by atoms with van der Waals surface area (Å²) in [7, 11) is 1.92. The first kappa shape index (κ1) is 15.5. The number of hydrogen-bond acceptors (Lipinski definition) is 2. The average molecular weight is 287 g/mol. The first-order chi connectivity index (χ1) is 10.0. The van der Waals surface area contributed by atoms with E-state index in [9.17, 15) is 4.39 Å². The van der Waals surface area contributed by atoms with Crippen LogP contribution in [0, 0.1) is 19.7 Å². The Balaban J connectivity index is 2.14. The summed E-state index contributed by atoms with van der Waals surface area (Å²) in [6.45, 7) is 5.82. The van der Waals surface area contributed by atoms with Crippen LogP contribution in [0.1, 0.15) is 29.7 Å². The molecule has 0 bridgehead atoms. The Labute approximate surface area is 126 Å². The van der Waals surface area contributed by atoms with Crippen molar-refractivity contribution in [3.63, 3.8) is 0 Å². The minimum Gasteiger partial charge on any atom is -0.489 e. The maximum absolute atomic E-state index is 13.3. The van der Waals surface area contributed by atoms with Crippen molar-refractivity contribution in [3.8, 4) is 5.75 Å². The quantitative estimate of drug-likeness (QED) is 0.891. The Morgan fingerprint density at radius 2 is 1.71 bits per heavy atom. The number of rotatable bonds is 5. The van der Waals surface area contributed by atoms with Gasteiger partial charge in [-0.3, -0.25) is 0 Å². The van der Waals surface area contributed by atoms with Crippen molar-refractivity contribution >= 4 is 0 Å². The van der Waals surface area contributed by atoms with Crippen molar-refractivity contribution in [3.05, 3.63) is 65.0 Å². The number of aryl methyl sites for hydroxylation is 2. The molecule has 2 aromatic rings. The predicted molar refractivity (Wildman–Crippen MR) is 84.2 cm³/mol. The number of hydrogen-bond donors (Lipinski definition) is 1. The van der Waals surface area contributed by atoms with E-state index in [0.717, 1.165) is 0 Å². The molecule has 2 aromatic carbocycles. The van der Waals surface area contributed by atoms with Crippen molar-refractivity contribution in [1.82, 2.24) is 5.32 Å². The molecule has 0 aliphatic rings. The van der Waals surface area contributed by atoms with Crippen LogP contribution in [0.3, 0.4) is 0 Å². The SMILES string of the molecule is CNC(c1ccc(C)cc1)C(C)Oc1ccc(F)c(C)c1. The lowest BCUT2D eigenvalue weighted by Gasteiger charge is -2.25. The van der Waals surface area contributed by atoms with E-state index in [1.165, 1.54) is 17.2 Å². The molecule has 0 aliphatic carbocycles. The molecule has 3 heteroatoms. The van der Waals surface area contributed by atoms with Gasteiger partial charge >= 0.3 is 0 Å². The lowest BCUT2D eigenvalue weighted by Crippen LogP contribution is -2.31. The highest BCUT2D eigenvalue weighted by Gasteiger charge is 2.19. The van der Waals surface area contributed by atoms with E-state index in [0.29, 0.717) is 11.3 Å². The third kappa shape index (κ3) is 3.82. The Hall–Kier alpha value is -1.87. The number of benzene rings is 2. The first-order valence-electron chi connectivity index (χ1n) is 7.18. The molecule has 21 heavy (non-hydrogen) atoms. The fourth-order valence-electron chi connectivity index (χ4n) is 2.42. The summed E-state index contributed by atoms with van der Waals surface area (Å²) in [6.07, 6.45) is -0.0671.